The van der Waals surface area contributed by atoms with E-state index in [1.165, 1.54) is 6.26 Å². The number of carbonyl (C=O) groups is 1. The number of fused-ring (bicyclic) bond motifs is 1. The van der Waals surface area contributed by atoms with Gasteiger partial charge in [0.05, 0.1) is 23.8 Å². The third kappa shape index (κ3) is 2.67. The maximum absolute atomic E-state index is 11.9. The van der Waals surface area contributed by atoms with Gasteiger partial charge in [-0.25, -0.2) is 4.98 Å². The molecule has 1 aromatic carbocycles. The molecule has 0 fully saturated rings. The molecule has 108 valence electrons. The lowest BCUT2D eigenvalue weighted by molar-refractivity contribution is 0.0921. The molecule has 5 nitrogen and oxygen atoms in total. The minimum atomic E-state index is -0.227. The van der Waals surface area contributed by atoms with Crippen molar-refractivity contribution < 1.29 is 9.21 Å². The highest BCUT2D eigenvalue weighted by molar-refractivity contribution is 5.91. The number of para-hydroxylation sites is 2. The molecule has 2 heterocycles. The van der Waals surface area contributed by atoms with E-state index in [0.29, 0.717) is 12.3 Å². The summed E-state index contributed by atoms with van der Waals surface area (Å²) in [7, 11) is 0. The van der Waals surface area contributed by atoms with Gasteiger partial charge in [-0.3, -0.25) is 4.79 Å². The summed E-state index contributed by atoms with van der Waals surface area (Å²) < 4.78 is 7.23. The monoisotopic (exact) mass is 283 g/mol. The first-order valence-corrected chi connectivity index (χ1v) is 7.05. The molecule has 0 saturated heterocycles. The fourth-order valence-corrected chi connectivity index (χ4v) is 2.39. The lowest BCUT2D eigenvalue weighted by Gasteiger charge is -2.08. The highest BCUT2D eigenvalue weighted by Gasteiger charge is 2.12. The van der Waals surface area contributed by atoms with Gasteiger partial charge in [0.25, 0.3) is 5.91 Å². The summed E-state index contributed by atoms with van der Waals surface area (Å²) in [6.07, 6.45) is 2.50. The van der Waals surface area contributed by atoms with Crippen molar-refractivity contribution in [3.63, 3.8) is 0 Å². The van der Waals surface area contributed by atoms with Gasteiger partial charge in [0.15, 0.2) is 5.76 Å². The average Bonchev–Trinajstić information content (AvgIpc) is 3.14. The van der Waals surface area contributed by atoms with E-state index in [1.807, 2.05) is 18.2 Å². The van der Waals surface area contributed by atoms with E-state index in [0.717, 1.165) is 29.8 Å². The standard InChI is InChI=1S/C16H17N3O2/c1-2-9-19-13-7-4-3-6-12(13)18-15(19)11-17-16(20)14-8-5-10-21-14/h3-8,10H,2,9,11H2,1H3,(H,17,20). The van der Waals surface area contributed by atoms with Gasteiger partial charge >= 0.3 is 0 Å². The summed E-state index contributed by atoms with van der Waals surface area (Å²) in [5, 5.41) is 2.85. The van der Waals surface area contributed by atoms with Crippen LogP contribution >= 0.6 is 0 Å². The van der Waals surface area contributed by atoms with Gasteiger partial charge in [0.2, 0.25) is 0 Å². The fraction of sp³-hybridized carbons (Fsp3) is 0.250. The van der Waals surface area contributed by atoms with Crippen LogP contribution in [0.3, 0.4) is 0 Å². The fourth-order valence-electron chi connectivity index (χ4n) is 2.39. The first kappa shape index (κ1) is 13.4. The van der Waals surface area contributed by atoms with E-state index in [2.05, 4.69) is 27.9 Å². The largest absolute Gasteiger partial charge is 0.459 e. The average molecular weight is 283 g/mol. The Balaban J connectivity index is 1.83. The zero-order valence-corrected chi connectivity index (χ0v) is 11.9. The summed E-state index contributed by atoms with van der Waals surface area (Å²) in [4.78, 5) is 16.5. The maximum atomic E-state index is 11.9. The van der Waals surface area contributed by atoms with Gasteiger partial charge in [0, 0.05) is 6.54 Å². The van der Waals surface area contributed by atoms with Crippen LogP contribution in [0.2, 0.25) is 0 Å². The van der Waals surface area contributed by atoms with Crippen LogP contribution in [0.4, 0.5) is 0 Å². The zero-order chi connectivity index (χ0) is 14.7. The SMILES string of the molecule is CCCn1c(CNC(=O)c2ccco2)nc2ccccc21. The van der Waals surface area contributed by atoms with Crippen LogP contribution in [0.15, 0.2) is 47.1 Å². The van der Waals surface area contributed by atoms with Crippen LogP contribution in [0, 0.1) is 0 Å². The Labute approximate surface area is 122 Å². The lowest BCUT2D eigenvalue weighted by atomic mass is 10.3. The number of furan rings is 1. The quantitative estimate of drug-likeness (QED) is 0.783. The molecule has 1 amide bonds. The molecule has 0 aliphatic rings. The van der Waals surface area contributed by atoms with Crippen LogP contribution in [0.25, 0.3) is 11.0 Å². The van der Waals surface area contributed by atoms with Crippen LogP contribution < -0.4 is 5.32 Å². The number of nitrogens with one attached hydrogen (secondary N) is 1. The zero-order valence-electron chi connectivity index (χ0n) is 11.9. The number of rotatable bonds is 5. The highest BCUT2D eigenvalue weighted by atomic mass is 16.3. The second-order valence-electron chi connectivity index (χ2n) is 4.83. The molecule has 1 N–H and O–H groups in total. The van der Waals surface area contributed by atoms with E-state index in [4.69, 9.17) is 4.42 Å². The van der Waals surface area contributed by atoms with Crippen molar-refractivity contribution in [2.45, 2.75) is 26.4 Å². The minimum absolute atomic E-state index is 0.227. The molecule has 2 aromatic heterocycles. The molecule has 0 aliphatic carbocycles. The number of aryl methyl sites for hydroxylation is 1. The maximum Gasteiger partial charge on any atom is 0.287 e. The predicted molar refractivity (Wildman–Crippen MR) is 79.9 cm³/mol. The number of hydrogen-bond donors (Lipinski definition) is 1. The van der Waals surface area contributed by atoms with Crippen LogP contribution in [-0.2, 0) is 13.1 Å². The molecule has 5 heteroatoms. The normalized spacial score (nSPS) is 10.9. The molecule has 0 unspecified atom stereocenters. The molecule has 3 aromatic rings. The van der Waals surface area contributed by atoms with Gasteiger partial charge in [-0.2, -0.15) is 0 Å². The second kappa shape index (κ2) is 5.83. The van der Waals surface area contributed by atoms with Gasteiger partial charge in [-0.05, 0) is 30.7 Å². The van der Waals surface area contributed by atoms with E-state index >= 15 is 0 Å². The highest BCUT2D eigenvalue weighted by Crippen LogP contribution is 2.16. The first-order valence-electron chi connectivity index (χ1n) is 7.05. The van der Waals surface area contributed by atoms with Crippen molar-refractivity contribution in [2.24, 2.45) is 0 Å². The number of amides is 1. The summed E-state index contributed by atoms with van der Waals surface area (Å²) in [5.41, 5.74) is 2.05. The molecule has 0 aliphatic heterocycles. The van der Waals surface area contributed by atoms with Crippen molar-refractivity contribution in [3.8, 4) is 0 Å². The van der Waals surface area contributed by atoms with Gasteiger partial charge in [-0.15, -0.1) is 0 Å². The Morgan fingerprint density at radius 3 is 2.90 bits per heavy atom. The Kier molecular flexibility index (Phi) is 3.73. The third-order valence-corrected chi connectivity index (χ3v) is 3.33. The van der Waals surface area contributed by atoms with Crippen molar-refractivity contribution in [1.82, 2.24) is 14.9 Å². The molecule has 0 spiro atoms. The molecular weight excluding hydrogens is 266 g/mol. The second-order valence-corrected chi connectivity index (χ2v) is 4.83. The van der Waals surface area contributed by atoms with Crippen molar-refractivity contribution in [2.75, 3.05) is 0 Å². The number of hydrogen-bond acceptors (Lipinski definition) is 3. The molecule has 0 radical (unpaired) electrons. The van der Waals surface area contributed by atoms with E-state index in [9.17, 15) is 4.79 Å². The van der Waals surface area contributed by atoms with Gasteiger partial charge in [0.1, 0.15) is 5.82 Å². The number of aromatic nitrogens is 2. The molecule has 0 atom stereocenters. The Morgan fingerprint density at radius 2 is 2.14 bits per heavy atom. The van der Waals surface area contributed by atoms with E-state index in [1.54, 1.807) is 12.1 Å². The van der Waals surface area contributed by atoms with Crippen LogP contribution in [-0.4, -0.2) is 15.5 Å². The topological polar surface area (TPSA) is 60.1 Å². The van der Waals surface area contributed by atoms with Gasteiger partial charge in [-0.1, -0.05) is 19.1 Å². The molecular formula is C16H17N3O2. The summed E-state index contributed by atoms with van der Waals surface area (Å²) in [6, 6.07) is 11.3. The van der Waals surface area contributed by atoms with Crippen LogP contribution in [0.5, 0.6) is 0 Å². The number of benzene rings is 1. The molecule has 0 saturated carbocycles. The Bertz CT molecular complexity index is 744. The van der Waals surface area contributed by atoms with Crippen molar-refractivity contribution in [1.29, 1.82) is 0 Å². The summed E-state index contributed by atoms with van der Waals surface area (Å²) in [6.45, 7) is 3.39. The summed E-state index contributed by atoms with van der Waals surface area (Å²) in [5.74, 6) is 0.946. The smallest absolute Gasteiger partial charge is 0.287 e. The Morgan fingerprint density at radius 1 is 1.29 bits per heavy atom. The van der Waals surface area contributed by atoms with E-state index < -0.39 is 0 Å². The molecule has 3 rings (SSSR count). The lowest BCUT2D eigenvalue weighted by Crippen LogP contribution is -2.24. The first-order chi connectivity index (χ1) is 10.3. The predicted octanol–water partition coefficient (Wildman–Crippen LogP) is 2.97. The Hall–Kier alpha value is -2.56. The summed E-state index contributed by atoms with van der Waals surface area (Å²) >= 11 is 0. The number of carbonyl (C=O) groups excluding carboxylic acids is 1. The van der Waals surface area contributed by atoms with Crippen molar-refractivity contribution >= 4 is 16.9 Å². The van der Waals surface area contributed by atoms with E-state index in [-0.39, 0.29) is 5.91 Å². The van der Waals surface area contributed by atoms with Gasteiger partial charge < -0.3 is 14.3 Å². The molecule has 21 heavy (non-hydrogen) atoms. The van der Waals surface area contributed by atoms with Crippen molar-refractivity contribution in [3.05, 3.63) is 54.2 Å². The third-order valence-electron chi connectivity index (χ3n) is 3.33. The van der Waals surface area contributed by atoms with Crippen LogP contribution in [0.1, 0.15) is 29.7 Å². The minimum Gasteiger partial charge on any atom is -0.459 e. The molecule has 0 bridgehead atoms. The number of nitrogens with zero attached hydrogens (tertiary/aromatic N) is 2. The number of imidazole rings is 1.